The number of hydrogen-bond donors (Lipinski definition) is 1. The van der Waals surface area contributed by atoms with Gasteiger partial charge in [-0.2, -0.15) is 0 Å². The Morgan fingerprint density at radius 2 is 1.83 bits per heavy atom. The molecule has 0 saturated heterocycles. The van der Waals surface area contributed by atoms with Gasteiger partial charge in [0.2, 0.25) is 11.8 Å². The van der Waals surface area contributed by atoms with Crippen molar-refractivity contribution in [3.8, 4) is 0 Å². The molecule has 0 spiro atoms. The number of amides is 2. The number of likely N-dealkylation sites (N-methyl/N-ethyl adjacent to an activating group) is 1. The molecule has 0 radical (unpaired) electrons. The summed E-state index contributed by atoms with van der Waals surface area (Å²) < 4.78 is 0. The fourth-order valence-electron chi connectivity index (χ4n) is 2.95. The van der Waals surface area contributed by atoms with Crippen molar-refractivity contribution >= 4 is 28.8 Å². The first-order valence-corrected chi connectivity index (χ1v) is 10.4. The third-order valence-corrected chi connectivity index (χ3v) is 5.71. The highest BCUT2D eigenvalue weighted by Crippen LogP contribution is 2.18. The van der Waals surface area contributed by atoms with Crippen LogP contribution in [-0.2, 0) is 22.4 Å². The molecule has 5 nitrogen and oxygen atoms in total. The number of carbonyl (C=O) groups is 2. The van der Waals surface area contributed by atoms with E-state index in [-0.39, 0.29) is 24.8 Å². The summed E-state index contributed by atoms with van der Waals surface area (Å²) in [5, 5.41) is 5.78. The molecule has 0 aliphatic carbocycles. The highest BCUT2D eigenvalue weighted by atomic mass is 32.1. The molecule has 3 aromatic rings. The summed E-state index contributed by atoms with van der Waals surface area (Å²) in [6, 6.07) is 15.9. The quantitative estimate of drug-likeness (QED) is 0.644. The fourth-order valence-corrected chi connectivity index (χ4v) is 3.78. The van der Waals surface area contributed by atoms with Crippen LogP contribution < -0.4 is 5.32 Å². The van der Waals surface area contributed by atoms with Crippen molar-refractivity contribution in [1.82, 2.24) is 9.88 Å². The smallest absolute Gasteiger partial charge is 0.243 e. The van der Waals surface area contributed by atoms with Crippen LogP contribution in [0.5, 0.6) is 0 Å². The lowest BCUT2D eigenvalue weighted by Crippen LogP contribution is -2.36. The lowest BCUT2D eigenvalue weighted by molar-refractivity contribution is -0.132. The molecule has 0 saturated carbocycles. The SMILES string of the molecule is Cc1cccc(NC(=O)CN(C)C(=O)Cc2csc(Cc3ccccc3)n2)c1C. The Hall–Kier alpha value is -2.99. The topological polar surface area (TPSA) is 62.3 Å². The number of benzene rings is 2. The zero-order valence-electron chi connectivity index (χ0n) is 16.9. The van der Waals surface area contributed by atoms with Crippen molar-refractivity contribution in [3.05, 3.63) is 81.3 Å². The van der Waals surface area contributed by atoms with Gasteiger partial charge in [-0.3, -0.25) is 9.59 Å². The molecule has 2 aromatic carbocycles. The Bertz CT molecular complexity index is 998. The van der Waals surface area contributed by atoms with E-state index in [2.05, 4.69) is 22.4 Å². The molecule has 1 N–H and O–H groups in total. The summed E-state index contributed by atoms with van der Waals surface area (Å²) in [4.78, 5) is 30.8. The van der Waals surface area contributed by atoms with Crippen LogP contribution in [0.4, 0.5) is 5.69 Å². The Morgan fingerprint density at radius 1 is 1.07 bits per heavy atom. The molecule has 0 atom stereocenters. The Morgan fingerprint density at radius 3 is 2.59 bits per heavy atom. The van der Waals surface area contributed by atoms with Crippen LogP contribution in [0.2, 0.25) is 0 Å². The summed E-state index contributed by atoms with van der Waals surface area (Å²) >= 11 is 1.56. The summed E-state index contributed by atoms with van der Waals surface area (Å²) in [6.45, 7) is 3.98. The van der Waals surface area contributed by atoms with Crippen molar-refractivity contribution < 1.29 is 9.59 Å². The molecule has 0 aliphatic rings. The van der Waals surface area contributed by atoms with Gasteiger partial charge in [-0.15, -0.1) is 11.3 Å². The molecule has 29 heavy (non-hydrogen) atoms. The molecule has 150 valence electrons. The zero-order valence-corrected chi connectivity index (χ0v) is 17.8. The van der Waals surface area contributed by atoms with E-state index in [9.17, 15) is 9.59 Å². The van der Waals surface area contributed by atoms with Crippen LogP contribution in [0.1, 0.15) is 27.4 Å². The molecular weight excluding hydrogens is 382 g/mol. The van der Waals surface area contributed by atoms with Gasteiger partial charge >= 0.3 is 0 Å². The molecule has 0 aliphatic heterocycles. The number of anilines is 1. The monoisotopic (exact) mass is 407 g/mol. The zero-order chi connectivity index (χ0) is 20.8. The predicted molar refractivity (Wildman–Crippen MR) is 117 cm³/mol. The minimum atomic E-state index is -0.211. The highest BCUT2D eigenvalue weighted by Gasteiger charge is 2.16. The lowest BCUT2D eigenvalue weighted by Gasteiger charge is -2.17. The number of nitrogens with zero attached hydrogens (tertiary/aromatic N) is 2. The molecule has 2 amide bonds. The van der Waals surface area contributed by atoms with E-state index in [0.29, 0.717) is 0 Å². The summed E-state index contributed by atoms with van der Waals surface area (Å²) in [5.74, 6) is -0.338. The molecule has 0 bridgehead atoms. The standard InChI is InChI=1S/C23H25N3O2S/c1-16-8-7-11-20(17(16)2)25-21(27)14-26(3)23(28)13-19-15-29-22(24-19)12-18-9-5-4-6-10-18/h4-11,15H,12-14H2,1-3H3,(H,25,27). The molecule has 0 unspecified atom stereocenters. The summed E-state index contributed by atoms with van der Waals surface area (Å²) in [5.41, 5.74) is 4.86. The van der Waals surface area contributed by atoms with Gasteiger partial charge in [0.05, 0.1) is 23.7 Å². The molecule has 6 heteroatoms. The number of nitrogens with one attached hydrogen (secondary N) is 1. The first-order valence-electron chi connectivity index (χ1n) is 9.49. The van der Waals surface area contributed by atoms with Crippen LogP contribution >= 0.6 is 11.3 Å². The second kappa shape index (κ2) is 9.47. The van der Waals surface area contributed by atoms with E-state index < -0.39 is 0 Å². The average molecular weight is 408 g/mol. The van der Waals surface area contributed by atoms with Crippen molar-refractivity contribution in [1.29, 1.82) is 0 Å². The first kappa shape index (κ1) is 20.7. The number of aryl methyl sites for hydroxylation is 1. The molecule has 3 rings (SSSR count). The molecule has 1 aromatic heterocycles. The average Bonchev–Trinajstić information content (AvgIpc) is 3.13. The van der Waals surface area contributed by atoms with Crippen LogP contribution in [0.25, 0.3) is 0 Å². The minimum absolute atomic E-state index is 0.00717. The van der Waals surface area contributed by atoms with Gasteiger partial charge in [0.15, 0.2) is 0 Å². The fraction of sp³-hybridized carbons (Fsp3) is 0.261. The predicted octanol–water partition coefficient (Wildman–Crippen LogP) is 3.99. The van der Waals surface area contributed by atoms with Crippen LogP contribution in [0.15, 0.2) is 53.9 Å². The summed E-state index contributed by atoms with van der Waals surface area (Å²) in [6.07, 6.45) is 0.951. The van der Waals surface area contributed by atoms with Gasteiger partial charge < -0.3 is 10.2 Å². The molecule has 1 heterocycles. The van der Waals surface area contributed by atoms with Gasteiger partial charge in [-0.1, -0.05) is 42.5 Å². The maximum absolute atomic E-state index is 12.5. The Kier molecular flexibility index (Phi) is 6.77. The Labute approximate surface area is 175 Å². The van der Waals surface area contributed by atoms with Gasteiger partial charge in [0.1, 0.15) is 0 Å². The van der Waals surface area contributed by atoms with E-state index in [0.717, 1.165) is 33.9 Å². The highest BCUT2D eigenvalue weighted by molar-refractivity contribution is 7.09. The molecule has 0 fully saturated rings. The number of thiazole rings is 1. The van der Waals surface area contributed by atoms with E-state index in [1.807, 2.05) is 55.6 Å². The maximum atomic E-state index is 12.5. The number of aromatic nitrogens is 1. The Balaban J connectivity index is 1.52. The normalized spacial score (nSPS) is 10.6. The second-order valence-corrected chi connectivity index (χ2v) is 8.06. The summed E-state index contributed by atoms with van der Waals surface area (Å²) in [7, 11) is 1.64. The third-order valence-electron chi connectivity index (χ3n) is 4.82. The van der Waals surface area contributed by atoms with Gasteiger partial charge in [0.25, 0.3) is 0 Å². The second-order valence-electron chi connectivity index (χ2n) is 7.12. The van der Waals surface area contributed by atoms with Crippen molar-refractivity contribution in [3.63, 3.8) is 0 Å². The van der Waals surface area contributed by atoms with Gasteiger partial charge in [-0.05, 0) is 36.6 Å². The molecular formula is C23H25N3O2S. The minimum Gasteiger partial charge on any atom is -0.336 e. The van der Waals surface area contributed by atoms with Crippen LogP contribution in [-0.4, -0.2) is 35.3 Å². The van der Waals surface area contributed by atoms with Gasteiger partial charge in [0, 0.05) is 24.5 Å². The first-order chi connectivity index (χ1) is 13.9. The van der Waals surface area contributed by atoms with E-state index in [1.54, 1.807) is 18.4 Å². The number of hydrogen-bond acceptors (Lipinski definition) is 4. The van der Waals surface area contributed by atoms with Crippen molar-refractivity contribution in [2.45, 2.75) is 26.7 Å². The van der Waals surface area contributed by atoms with Crippen molar-refractivity contribution in [2.75, 3.05) is 18.9 Å². The van der Waals surface area contributed by atoms with E-state index >= 15 is 0 Å². The van der Waals surface area contributed by atoms with Crippen molar-refractivity contribution in [2.24, 2.45) is 0 Å². The van der Waals surface area contributed by atoms with Gasteiger partial charge in [-0.25, -0.2) is 4.98 Å². The number of rotatable bonds is 7. The van der Waals surface area contributed by atoms with Crippen LogP contribution in [0.3, 0.4) is 0 Å². The largest absolute Gasteiger partial charge is 0.336 e. The van der Waals surface area contributed by atoms with E-state index in [1.165, 1.54) is 10.5 Å². The van der Waals surface area contributed by atoms with E-state index in [4.69, 9.17) is 0 Å². The maximum Gasteiger partial charge on any atom is 0.243 e. The number of carbonyl (C=O) groups excluding carboxylic acids is 2. The van der Waals surface area contributed by atoms with Crippen LogP contribution in [0, 0.1) is 13.8 Å². The lowest BCUT2D eigenvalue weighted by atomic mass is 10.1. The third kappa shape index (κ3) is 5.74.